The molecule has 25 heavy (non-hydrogen) atoms. The van der Waals surface area contributed by atoms with Crippen molar-refractivity contribution in [2.24, 2.45) is 5.92 Å². The molecule has 0 spiro atoms. The number of amides is 1. The second kappa shape index (κ2) is 8.71. The number of piperidine rings is 1. The first-order chi connectivity index (χ1) is 12.2. The molecular weight excluding hydrogens is 340 g/mol. The number of carbonyl (C=O) groups is 1. The normalized spacial score (nSPS) is 17.3. The molecule has 132 valence electrons. The molecule has 3 rings (SSSR count). The van der Waals surface area contributed by atoms with Crippen molar-refractivity contribution in [1.29, 1.82) is 0 Å². The largest absolute Gasteiger partial charge is 0.342 e. The summed E-state index contributed by atoms with van der Waals surface area (Å²) in [4.78, 5) is 30.8. The number of likely N-dealkylation sites (tertiary alicyclic amines) is 1. The van der Waals surface area contributed by atoms with Gasteiger partial charge in [-0.3, -0.25) is 9.78 Å². The van der Waals surface area contributed by atoms with E-state index in [0.29, 0.717) is 29.9 Å². The topological polar surface area (TPSA) is 83.9 Å². The van der Waals surface area contributed by atoms with Crippen molar-refractivity contribution in [2.75, 3.05) is 24.3 Å². The monoisotopic (exact) mass is 360 g/mol. The van der Waals surface area contributed by atoms with E-state index in [9.17, 15) is 4.79 Å². The van der Waals surface area contributed by atoms with E-state index < -0.39 is 0 Å². The quantitative estimate of drug-likeness (QED) is 0.796. The van der Waals surface area contributed by atoms with Gasteiger partial charge >= 0.3 is 0 Å². The minimum atomic E-state index is 0.146. The summed E-state index contributed by atoms with van der Waals surface area (Å²) in [6.45, 7) is 1.60. The van der Waals surface area contributed by atoms with Crippen LogP contribution in [0.5, 0.6) is 0 Å². The summed E-state index contributed by atoms with van der Waals surface area (Å²) in [6.07, 6.45) is 9.79. The maximum atomic E-state index is 12.0. The lowest BCUT2D eigenvalue weighted by Crippen LogP contribution is -2.40. The van der Waals surface area contributed by atoms with Crippen LogP contribution in [0, 0.1) is 5.92 Å². The molecule has 2 aromatic rings. The van der Waals surface area contributed by atoms with Crippen LogP contribution in [0.15, 0.2) is 31.0 Å². The molecule has 1 atom stereocenters. The van der Waals surface area contributed by atoms with Crippen LogP contribution in [-0.2, 0) is 11.2 Å². The summed E-state index contributed by atoms with van der Waals surface area (Å²) in [5.41, 5.74) is 0.957. The van der Waals surface area contributed by atoms with Gasteiger partial charge in [0.25, 0.3) is 0 Å². The number of anilines is 2. The molecule has 8 heteroatoms. The van der Waals surface area contributed by atoms with Gasteiger partial charge in [-0.1, -0.05) is 0 Å². The molecule has 0 radical (unpaired) electrons. The van der Waals surface area contributed by atoms with E-state index in [4.69, 9.17) is 11.6 Å². The fourth-order valence-electron chi connectivity index (χ4n) is 3.07. The Balaban J connectivity index is 1.61. The molecular formula is C17H21ClN6O. The number of aromatic nitrogens is 4. The Labute approximate surface area is 151 Å². The molecule has 0 aliphatic carbocycles. The molecule has 0 saturated carbocycles. The van der Waals surface area contributed by atoms with Crippen molar-refractivity contribution in [3.05, 3.63) is 36.7 Å². The molecule has 1 amide bonds. The van der Waals surface area contributed by atoms with Gasteiger partial charge < -0.3 is 10.2 Å². The summed E-state index contributed by atoms with van der Waals surface area (Å²) in [5, 5.41) is 3.12. The maximum absolute atomic E-state index is 12.0. The van der Waals surface area contributed by atoms with Gasteiger partial charge in [0.1, 0.15) is 18.0 Å². The van der Waals surface area contributed by atoms with E-state index in [1.54, 1.807) is 24.9 Å². The van der Waals surface area contributed by atoms with Gasteiger partial charge in [0, 0.05) is 49.5 Å². The van der Waals surface area contributed by atoms with Crippen molar-refractivity contribution in [3.8, 4) is 0 Å². The van der Waals surface area contributed by atoms with Crippen molar-refractivity contribution < 1.29 is 4.79 Å². The molecule has 1 unspecified atom stereocenters. The Morgan fingerprint density at radius 2 is 2.20 bits per heavy atom. The lowest BCUT2D eigenvalue weighted by atomic mass is 9.93. The van der Waals surface area contributed by atoms with Crippen LogP contribution in [0.3, 0.4) is 0 Å². The Kier molecular flexibility index (Phi) is 6.11. The van der Waals surface area contributed by atoms with E-state index in [1.807, 2.05) is 11.0 Å². The highest BCUT2D eigenvalue weighted by atomic mass is 35.5. The average Bonchev–Trinajstić information content (AvgIpc) is 2.63. The lowest BCUT2D eigenvalue weighted by Gasteiger charge is -2.32. The molecule has 0 bridgehead atoms. The van der Waals surface area contributed by atoms with E-state index in [-0.39, 0.29) is 5.91 Å². The minimum absolute atomic E-state index is 0.146. The molecule has 1 aliphatic rings. The zero-order valence-electron chi connectivity index (χ0n) is 13.9. The van der Waals surface area contributed by atoms with Gasteiger partial charge in [-0.05, 0) is 25.2 Å². The lowest BCUT2D eigenvalue weighted by molar-refractivity contribution is -0.132. The van der Waals surface area contributed by atoms with Crippen LogP contribution in [0.1, 0.15) is 25.0 Å². The first kappa shape index (κ1) is 17.5. The van der Waals surface area contributed by atoms with Crippen LogP contribution in [0.25, 0.3) is 0 Å². The SMILES string of the molecule is O=C(CCCl)N1CCCC(Cc2cc(Nc3cnccn3)ncn2)C1. The van der Waals surface area contributed by atoms with E-state index in [1.165, 1.54) is 0 Å². The van der Waals surface area contributed by atoms with Gasteiger partial charge in [-0.25, -0.2) is 15.0 Å². The summed E-state index contributed by atoms with van der Waals surface area (Å²) >= 11 is 5.68. The second-order valence-electron chi connectivity index (χ2n) is 6.10. The number of hydrogen-bond acceptors (Lipinski definition) is 6. The third kappa shape index (κ3) is 5.09. The van der Waals surface area contributed by atoms with Crippen LogP contribution in [0.4, 0.5) is 11.6 Å². The smallest absolute Gasteiger partial charge is 0.223 e. The summed E-state index contributed by atoms with van der Waals surface area (Å²) < 4.78 is 0. The fraction of sp³-hybridized carbons (Fsp3) is 0.471. The Hall–Kier alpha value is -2.28. The van der Waals surface area contributed by atoms with Crippen LogP contribution < -0.4 is 5.32 Å². The summed E-state index contributed by atoms with van der Waals surface area (Å²) in [6, 6.07) is 1.92. The van der Waals surface area contributed by atoms with Crippen LogP contribution in [0.2, 0.25) is 0 Å². The predicted molar refractivity (Wildman–Crippen MR) is 95.7 cm³/mol. The van der Waals surface area contributed by atoms with Gasteiger partial charge in [0.15, 0.2) is 0 Å². The third-order valence-corrected chi connectivity index (χ3v) is 4.41. The number of alkyl halides is 1. The van der Waals surface area contributed by atoms with Crippen LogP contribution >= 0.6 is 11.6 Å². The minimum Gasteiger partial charge on any atom is -0.342 e. The Morgan fingerprint density at radius 3 is 3.00 bits per heavy atom. The summed E-state index contributed by atoms with van der Waals surface area (Å²) in [7, 11) is 0. The molecule has 2 aromatic heterocycles. The van der Waals surface area contributed by atoms with Gasteiger partial charge in [0.05, 0.1) is 6.20 Å². The number of halogens is 1. The Morgan fingerprint density at radius 1 is 1.28 bits per heavy atom. The molecule has 3 heterocycles. The first-order valence-electron chi connectivity index (χ1n) is 8.42. The molecule has 1 aliphatic heterocycles. The van der Waals surface area contributed by atoms with Gasteiger partial charge in [-0.15, -0.1) is 11.6 Å². The number of hydrogen-bond donors (Lipinski definition) is 1. The molecule has 1 saturated heterocycles. The second-order valence-corrected chi connectivity index (χ2v) is 6.48. The van der Waals surface area contributed by atoms with Crippen LogP contribution in [-0.4, -0.2) is 49.7 Å². The summed E-state index contributed by atoms with van der Waals surface area (Å²) in [5.74, 6) is 2.27. The number of rotatable bonds is 6. The highest BCUT2D eigenvalue weighted by Crippen LogP contribution is 2.22. The number of nitrogens with zero attached hydrogens (tertiary/aromatic N) is 5. The van der Waals surface area contributed by atoms with Gasteiger partial charge in [-0.2, -0.15) is 0 Å². The van der Waals surface area contributed by atoms with Crippen molar-refractivity contribution in [1.82, 2.24) is 24.8 Å². The third-order valence-electron chi connectivity index (χ3n) is 4.22. The van der Waals surface area contributed by atoms with Gasteiger partial charge in [0.2, 0.25) is 5.91 Å². The highest BCUT2D eigenvalue weighted by Gasteiger charge is 2.23. The van der Waals surface area contributed by atoms with Crippen molar-refractivity contribution in [3.63, 3.8) is 0 Å². The van der Waals surface area contributed by atoms with E-state index in [0.717, 1.165) is 38.0 Å². The van der Waals surface area contributed by atoms with E-state index >= 15 is 0 Å². The van der Waals surface area contributed by atoms with E-state index in [2.05, 4.69) is 25.3 Å². The zero-order valence-corrected chi connectivity index (χ0v) is 14.7. The highest BCUT2D eigenvalue weighted by molar-refractivity contribution is 6.18. The number of carbonyl (C=O) groups excluding carboxylic acids is 1. The zero-order chi connectivity index (χ0) is 17.5. The van der Waals surface area contributed by atoms with Crippen molar-refractivity contribution >= 4 is 29.1 Å². The fourth-order valence-corrected chi connectivity index (χ4v) is 3.23. The molecule has 1 fully saturated rings. The predicted octanol–water partition coefficient (Wildman–Crippen LogP) is 2.42. The molecule has 7 nitrogen and oxygen atoms in total. The molecule has 1 N–H and O–H groups in total. The Bertz CT molecular complexity index is 699. The standard InChI is InChI=1S/C17H21ClN6O/c18-4-3-17(25)24-7-1-2-13(11-24)8-14-9-15(22-12-21-14)23-16-10-19-5-6-20-16/h5-6,9-10,12-13H,1-4,7-8,11H2,(H,20,21,22,23). The average molecular weight is 361 g/mol. The number of nitrogens with one attached hydrogen (secondary N) is 1. The molecule has 0 aromatic carbocycles. The first-order valence-corrected chi connectivity index (χ1v) is 8.95. The van der Waals surface area contributed by atoms with Crippen molar-refractivity contribution in [2.45, 2.75) is 25.7 Å². The maximum Gasteiger partial charge on any atom is 0.223 e.